The number of aromatic nitrogens is 3. The highest BCUT2D eigenvalue weighted by Crippen LogP contribution is 2.33. The molecule has 3 aromatic heterocycles. The second kappa shape index (κ2) is 4.68. The summed E-state index contributed by atoms with van der Waals surface area (Å²) < 4.78 is 2.27. The third kappa shape index (κ3) is 1.85. The van der Waals surface area contributed by atoms with E-state index in [1.165, 1.54) is 16.2 Å². The summed E-state index contributed by atoms with van der Waals surface area (Å²) in [5.74, 6) is 1.04. The molecule has 4 heterocycles. The van der Waals surface area contributed by atoms with E-state index in [0.29, 0.717) is 6.17 Å². The Morgan fingerprint density at radius 1 is 1.35 bits per heavy atom. The van der Waals surface area contributed by atoms with E-state index in [0.717, 1.165) is 30.0 Å². The van der Waals surface area contributed by atoms with E-state index in [4.69, 9.17) is 4.98 Å². The van der Waals surface area contributed by atoms with Crippen molar-refractivity contribution in [3.8, 4) is 10.7 Å². The van der Waals surface area contributed by atoms with Gasteiger partial charge in [0.05, 0.1) is 11.0 Å². The van der Waals surface area contributed by atoms with E-state index in [9.17, 15) is 0 Å². The summed E-state index contributed by atoms with van der Waals surface area (Å²) >= 11 is 1.79. The van der Waals surface area contributed by atoms with E-state index in [1.807, 2.05) is 18.3 Å². The van der Waals surface area contributed by atoms with Gasteiger partial charge in [0.1, 0.15) is 5.52 Å². The number of hydrogen-bond donors (Lipinski definition) is 1. The Labute approximate surface area is 121 Å². The number of pyridine rings is 1. The smallest absolute Gasteiger partial charge is 0.161 e. The van der Waals surface area contributed by atoms with Crippen LogP contribution in [0.25, 0.3) is 21.9 Å². The van der Waals surface area contributed by atoms with Gasteiger partial charge in [0.25, 0.3) is 0 Å². The zero-order chi connectivity index (χ0) is 13.5. The molecule has 1 aliphatic rings. The Kier molecular flexibility index (Phi) is 2.82. The lowest BCUT2D eigenvalue weighted by Gasteiger charge is -2.15. The Morgan fingerprint density at radius 3 is 3.05 bits per heavy atom. The molecule has 0 aromatic carbocycles. The van der Waals surface area contributed by atoms with Crippen LogP contribution >= 0.6 is 11.3 Å². The third-order valence-electron chi connectivity index (χ3n) is 3.76. The molecule has 1 aliphatic heterocycles. The first-order chi connectivity index (χ1) is 9.83. The molecule has 0 bridgehead atoms. The molecule has 0 spiro atoms. The van der Waals surface area contributed by atoms with Crippen molar-refractivity contribution in [3.63, 3.8) is 0 Å². The fraction of sp³-hybridized carbons (Fsp3) is 0.333. The topological polar surface area (TPSA) is 42.7 Å². The lowest BCUT2D eigenvalue weighted by molar-refractivity contribution is 0.483. The van der Waals surface area contributed by atoms with E-state index < -0.39 is 0 Å². The second-order valence-electron chi connectivity index (χ2n) is 5.17. The minimum absolute atomic E-state index is 0.312. The van der Waals surface area contributed by atoms with Crippen molar-refractivity contribution in [2.75, 3.05) is 6.54 Å². The van der Waals surface area contributed by atoms with Crippen molar-refractivity contribution in [3.05, 3.63) is 35.3 Å². The van der Waals surface area contributed by atoms with Crippen molar-refractivity contribution in [1.29, 1.82) is 0 Å². The zero-order valence-electron chi connectivity index (χ0n) is 11.3. The second-order valence-corrected chi connectivity index (χ2v) is 6.46. The predicted molar refractivity (Wildman–Crippen MR) is 81.9 cm³/mol. The van der Waals surface area contributed by atoms with Crippen LogP contribution in [0.1, 0.15) is 23.9 Å². The normalized spacial score (nSPS) is 18.9. The summed E-state index contributed by atoms with van der Waals surface area (Å²) in [5, 5.41) is 3.56. The monoisotopic (exact) mass is 284 g/mol. The van der Waals surface area contributed by atoms with Crippen LogP contribution in [0.5, 0.6) is 0 Å². The highest BCUT2D eigenvalue weighted by molar-refractivity contribution is 7.15. The van der Waals surface area contributed by atoms with E-state index in [2.05, 4.69) is 33.9 Å². The largest absolute Gasteiger partial charge is 0.297 e. The molecule has 0 amide bonds. The number of fused-ring (bicyclic) bond motifs is 1. The number of thiophene rings is 1. The summed E-state index contributed by atoms with van der Waals surface area (Å²) in [7, 11) is 0. The minimum atomic E-state index is 0.312. The summed E-state index contributed by atoms with van der Waals surface area (Å²) in [5.41, 5.74) is 1.95. The number of aryl methyl sites for hydroxylation is 1. The van der Waals surface area contributed by atoms with Crippen molar-refractivity contribution in [2.45, 2.75) is 25.9 Å². The Bertz CT molecular complexity index is 752. The van der Waals surface area contributed by atoms with Gasteiger partial charge < -0.3 is 0 Å². The SMILES string of the molecule is Cc1ccc(-c2nc3cccnc3n2C2CCCN2)s1. The van der Waals surface area contributed by atoms with Crippen LogP contribution in [-0.4, -0.2) is 21.1 Å². The van der Waals surface area contributed by atoms with E-state index in [-0.39, 0.29) is 0 Å². The van der Waals surface area contributed by atoms with Gasteiger partial charge in [-0.3, -0.25) is 9.88 Å². The molecule has 4 rings (SSSR count). The van der Waals surface area contributed by atoms with E-state index >= 15 is 0 Å². The van der Waals surface area contributed by atoms with Crippen LogP contribution in [0, 0.1) is 6.92 Å². The number of nitrogens with zero attached hydrogens (tertiary/aromatic N) is 3. The average molecular weight is 284 g/mol. The fourth-order valence-electron chi connectivity index (χ4n) is 2.84. The van der Waals surface area contributed by atoms with Gasteiger partial charge in [-0.25, -0.2) is 9.97 Å². The third-order valence-corrected chi connectivity index (χ3v) is 4.75. The average Bonchev–Trinajstić information content (AvgIpc) is 3.15. The van der Waals surface area contributed by atoms with E-state index in [1.54, 1.807) is 11.3 Å². The summed E-state index contributed by atoms with van der Waals surface area (Å²) in [6.07, 6.45) is 4.51. The maximum absolute atomic E-state index is 4.81. The standard InChI is InChI=1S/C15H16N4S/c1-10-6-7-12(20-10)15-18-11-4-2-9-17-14(11)19(15)13-5-3-8-16-13/h2,4,6-7,9,13,16H,3,5,8H2,1H3. The first-order valence-corrected chi connectivity index (χ1v) is 7.78. The molecule has 20 heavy (non-hydrogen) atoms. The molecule has 1 N–H and O–H groups in total. The zero-order valence-corrected chi connectivity index (χ0v) is 12.2. The highest BCUT2D eigenvalue weighted by Gasteiger charge is 2.23. The van der Waals surface area contributed by atoms with Crippen LogP contribution in [0.15, 0.2) is 30.5 Å². The minimum Gasteiger partial charge on any atom is -0.297 e. The van der Waals surface area contributed by atoms with Crippen LogP contribution in [-0.2, 0) is 0 Å². The highest BCUT2D eigenvalue weighted by atomic mass is 32.1. The molecule has 3 aromatic rings. The Hall–Kier alpha value is -1.72. The molecule has 0 aliphatic carbocycles. The summed E-state index contributed by atoms with van der Waals surface area (Å²) in [6, 6.07) is 8.30. The van der Waals surface area contributed by atoms with Gasteiger partial charge in [0.15, 0.2) is 11.5 Å². The first-order valence-electron chi connectivity index (χ1n) is 6.96. The first kappa shape index (κ1) is 12.1. The van der Waals surface area contributed by atoms with Gasteiger partial charge in [-0.05, 0) is 50.6 Å². The summed E-state index contributed by atoms with van der Waals surface area (Å²) in [6.45, 7) is 3.20. The van der Waals surface area contributed by atoms with Gasteiger partial charge >= 0.3 is 0 Å². The van der Waals surface area contributed by atoms with Crippen molar-refractivity contribution < 1.29 is 0 Å². The number of nitrogens with one attached hydrogen (secondary N) is 1. The molecule has 1 saturated heterocycles. The molecular formula is C15H16N4S. The van der Waals surface area contributed by atoms with Crippen LogP contribution in [0.2, 0.25) is 0 Å². The van der Waals surface area contributed by atoms with Crippen molar-refractivity contribution in [2.24, 2.45) is 0 Å². The molecule has 4 nitrogen and oxygen atoms in total. The molecule has 1 unspecified atom stereocenters. The molecule has 1 fully saturated rings. The lowest BCUT2D eigenvalue weighted by Crippen LogP contribution is -2.20. The van der Waals surface area contributed by atoms with Gasteiger partial charge in [-0.1, -0.05) is 0 Å². The molecule has 0 radical (unpaired) electrons. The van der Waals surface area contributed by atoms with Crippen LogP contribution < -0.4 is 5.32 Å². The molecule has 0 saturated carbocycles. The Balaban J connectivity index is 1.96. The quantitative estimate of drug-likeness (QED) is 0.784. The van der Waals surface area contributed by atoms with Gasteiger partial charge in [-0.2, -0.15) is 0 Å². The van der Waals surface area contributed by atoms with Gasteiger partial charge in [0, 0.05) is 11.1 Å². The lowest BCUT2D eigenvalue weighted by atomic mass is 10.3. The van der Waals surface area contributed by atoms with Crippen LogP contribution in [0.4, 0.5) is 0 Å². The number of rotatable bonds is 2. The molecule has 102 valence electrons. The van der Waals surface area contributed by atoms with Crippen LogP contribution in [0.3, 0.4) is 0 Å². The fourth-order valence-corrected chi connectivity index (χ4v) is 3.69. The number of hydrogen-bond acceptors (Lipinski definition) is 4. The summed E-state index contributed by atoms with van der Waals surface area (Å²) in [4.78, 5) is 11.9. The van der Waals surface area contributed by atoms with Crippen molar-refractivity contribution in [1.82, 2.24) is 19.9 Å². The number of imidazole rings is 1. The molecule has 1 atom stereocenters. The van der Waals surface area contributed by atoms with Gasteiger partial charge in [0.2, 0.25) is 0 Å². The molecule has 5 heteroatoms. The predicted octanol–water partition coefficient (Wildman–Crippen LogP) is 3.35. The maximum atomic E-state index is 4.81. The molecular weight excluding hydrogens is 268 g/mol. The van der Waals surface area contributed by atoms with Gasteiger partial charge in [-0.15, -0.1) is 11.3 Å². The Morgan fingerprint density at radius 2 is 2.30 bits per heavy atom. The van der Waals surface area contributed by atoms with Crippen molar-refractivity contribution >= 4 is 22.5 Å². The maximum Gasteiger partial charge on any atom is 0.161 e.